The fraction of sp³-hybridized carbons (Fsp3) is 0.500. The highest BCUT2D eigenvalue weighted by atomic mass is 127. The minimum Gasteiger partial charge on any atom is -0.469 e. The third-order valence-electron chi connectivity index (χ3n) is 5.24. The Kier molecular flexibility index (Phi) is 5.65. The summed E-state index contributed by atoms with van der Waals surface area (Å²) in [4.78, 5) is 15.0. The molecule has 0 spiro atoms. The number of methoxy groups -OCH3 is 1. The zero-order chi connectivity index (χ0) is 16.4. The molecule has 2 aliphatic heterocycles. The molecule has 2 heterocycles. The molecule has 0 N–H and O–H groups in total. The molecule has 124 valence electrons. The Hall–Kier alpha value is -0.590. The van der Waals surface area contributed by atoms with Gasteiger partial charge >= 0.3 is 5.97 Å². The molecule has 23 heavy (non-hydrogen) atoms. The summed E-state index contributed by atoms with van der Waals surface area (Å²) < 4.78 is 7.21. The summed E-state index contributed by atoms with van der Waals surface area (Å²) in [5.41, 5.74) is 1.20. The Labute approximate surface area is 156 Å². The van der Waals surface area contributed by atoms with Gasteiger partial charge in [-0.15, -0.1) is 0 Å². The predicted octanol–water partition coefficient (Wildman–Crippen LogP) is 4.40. The minimum atomic E-state index is -0.0949. The molecule has 0 unspecified atom stereocenters. The lowest BCUT2D eigenvalue weighted by Crippen LogP contribution is -2.50. The quantitative estimate of drug-likeness (QED) is 0.508. The lowest BCUT2D eigenvalue weighted by Gasteiger charge is -2.43. The number of hydrogen-bond donors (Lipinski definition) is 0. The summed E-state index contributed by atoms with van der Waals surface area (Å²) in [5, 5.41) is 0.732. The Balaban J connectivity index is 1.91. The Bertz CT molecular complexity index is 589. The van der Waals surface area contributed by atoms with Gasteiger partial charge in [-0.2, -0.15) is 0 Å². The van der Waals surface area contributed by atoms with Gasteiger partial charge in [0.1, 0.15) is 0 Å². The zero-order valence-corrected chi connectivity index (χ0v) is 16.0. The summed E-state index contributed by atoms with van der Waals surface area (Å²) in [5.74, 6) is 0.0401. The first-order chi connectivity index (χ1) is 11.2. The van der Waals surface area contributed by atoms with Crippen molar-refractivity contribution >= 4 is 40.2 Å². The highest BCUT2D eigenvalue weighted by Gasteiger charge is 2.50. The molecule has 0 aromatic heterocycles. The van der Waals surface area contributed by atoms with Crippen LogP contribution in [0.1, 0.15) is 30.7 Å². The van der Waals surface area contributed by atoms with Crippen molar-refractivity contribution in [1.82, 2.24) is 4.90 Å². The second kappa shape index (κ2) is 7.53. The van der Waals surface area contributed by atoms with E-state index in [1.54, 1.807) is 0 Å². The van der Waals surface area contributed by atoms with Crippen LogP contribution in [-0.2, 0) is 9.53 Å². The van der Waals surface area contributed by atoms with Gasteiger partial charge in [-0.1, -0.05) is 52.4 Å². The standard InChI is InChI=1S/C18H21ClINO2/c1-23-18(22)17-15(12-3-5-13(19)6-4-12)11-14-7-8-16(17)21(14)10-2-9-20/h2-6,9,14-17H,7-8,10-11H2,1H3/t14-,15+,16+,17-/m0/s1. The van der Waals surface area contributed by atoms with Crippen LogP contribution in [-0.4, -0.2) is 36.6 Å². The van der Waals surface area contributed by atoms with Crippen molar-refractivity contribution in [2.45, 2.75) is 37.3 Å². The molecule has 0 radical (unpaired) electrons. The first kappa shape index (κ1) is 17.2. The van der Waals surface area contributed by atoms with Gasteiger partial charge in [0.05, 0.1) is 13.0 Å². The van der Waals surface area contributed by atoms with E-state index in [4.69, 9.17) is 16.3 Å². The third-order valence-corrected chi connectivity index (χ3v) is 6.00. The summed E-state index contributed by atoms with van der Waals surface area (Å²) in [6, 6.07) is 8.77. The average Bonchev–Trinajstić information content (AvgIpc) is 2.84. The molecule has 3 rings (SSSR count). The van der Waals surface area contributed by atoms with Gasteiger partial charge in [0, 0.05) is 29.6 Å². The molecule has 0 aliphatic carbocycles. The Morgan fingerprint density at radius 3 is 2.78 bits per heavy atom. The van der Waals surface area contributed by atoms with Gasteiger partial charge in [0.25, 0.3) is 0 Å². The van der Waals surface area contributed by atoms with Gasteiger partial charge in [0.15, 0.2) is 0 Å². The van der Waals surface area contributed by atoms with E-state index in [1.165, 1.54) is 12.7 Å². The smallest absolute Gasteiger partial charge is 0.310 e. The molecule has 0 saturated carbocycles. The van der Waals surface area contributed by atoms with Gasteiger partial charge in [0.2, 0.25) is 0 Å². The first-order valence-electron chi connectivity index (χ1n) is 8.00. The summed E-state index contributed by atoms with van der Waals surface area (Å²) in [7, 11) is 1.50. The van der Waals surface area contributed by atoms with Crippen LogP contribution in [0.5, 0.6) is 0 Å². The fourth-order valence-electron chi connectivity index (χ4n) is 4.27. The maximum atomic E-state index is 12.5. The number of ether oxygens (including phenoxy) is 1. The number of hydrogen-bond acceptors (Lipinski definition) is 3. The van der Waals surface area contributed by atoms with Crippen LogP contribution in [0.15, 0.2) is 34.4 Å². The maximum Gasteiger partial charge on any atom is 0.310 e. The highest BCUT2D eigenvalue weighted by molar-refractivity contribution is 14.1. The molecule has 2 bridgehead atoms. The van der Waals surface area contributed by atoms with Gasteiger partial charge < -0.3 is 4.74 Å². The van der Waals surface area contributed by atoms with E-state index >= 15 is 0 Å². The molecule has 1 aromatic rings. The Morgan fingerprint density at radius 2 is 2.13 bits per heavy atom. The third kappa shape index (κ3) is 3.44. The summed E-state index contributed by atoms with van der Waals surface area (Å²) >= 11 is 8.27. The van der Waals surface area contributed by atoms with Gasteiger partial charge in [-0.25, -0.2) is 0 Å². The van der Waals surface area contributed by atoms with Crippen LogP contribution < -0.4 is 0 Å². The van der Waals surface area contributed by atoms with Crippen LogP contribution in [0, 0.1) is 5.92 Å². The molecule has 2 saturated heterocycles. The van der Waals surface area contributed by atoms with Crippen molar-refractivity contribution in [3.8, 4) is 0 Å². The van der Waals surface area contributed by atoms with Gasteiger partial charge in [-0.3, -0.25) is 9.69 Å². The van der Waals surface area contributed by atoms with Crippen molar-refractivity contribution in [3.63, 3.8) is 0 Å². The summed E-state index contributed by atoms with van der Waals surface area (Å²) in [6.07, 6.45) is 5.41. The van der Waals surface area contributed by atoms with Crippen LogP contribution in [0.4, 0.5) is 0 Å². The number of piperidine rings is 1. The molecule has 1 aromatic carbocycles. The van der Waals surface area contributed by atoms with E-state index in [9.17, 15) is 4.79 Å². The van der Waals surface area contributed by atoms with E-state index in [0.717, 1.165) is 30.8 Å². The number of carbonyl (C=O) groups is 1. The molecular formula is C18H21ClINO2. The molecule has 3 nitrogen and oxygen atoms in total. The largest absolute Gasteiger partial charge is 0.469 e. The molecule has 4 atom stereocenters. The lowest BCUT2D eigenvalue weighted by atomic mass is 9.76. The van der Waals surface area contributed by atoms with E-state index in [-0.39, 0.29) is 23.8 Å². The Morgan fingerprint density at radius 1 is 1.39 bits per heavy atom. The fourth-order valence-corrected chi connectivity index (χ4v) is 4.62. The number of fused-ring (bicyclic) bond motifs is 2. The highest BCUT2D eigenvalue weighted by Crippen LogP contribution is 2.47. The van der Waals surface area contributed by atoms with E-state index in [0.29, 0.717) is 6.04 Å². The zero-order valence-electron chi connectivity index (χ0n) is 13.1. The molecular weight excluding hydrogens is 425 g/mol. The number of nitrogens with zero attached hydrogens (tertiary/aromatic N) is 1. The van der Waals surface area contributed by atoms with Crippen molar-refractivity contribution in [3.05, 3.63) is 45.0 Å². The van der Waals surface area contributed by atoms with Crippen LogP contribution in [0.2, 0.25) is 5.02 Å². The molecule has 2 aliphatic rings. The second-order valence-corrected chi connectivity index (χ2v) is 7.46. The number of esters is 1. The van der Waals surface area contributed by atoms with Crippen molar-refractivity contribution in [2.75, 3.05) is 13.7 Å². The number of rotatable bonds is 4. The van der Waals surface area contributed by atoms with Crippen LogP contribution in [0.25, 0.3) is 0 Å². The SMILES string of the molecule is COC(=O)[C@H]1[C@@H](c2ccc(Cl)cc2)C[C@@H]2CC[C@H]1N2CC=CI. The lowest BCUT2D eigenvalue weighted by molar-refractivity contribution is -0.150. The minimum absolute atomic E-state index is 0.0845. The van der Waals surface area contributed by atoms with Crippen LogP contribution in [0.3, 0.4) is 0 Å². The molecule has 0 amide bonds. The average molecular weight is 446 g/mol. The summed E-state index contributed by atoms with van der Waals surface area (Å²) in [6.45, 7) is 0.916. The van der Waals surface area contributed by atoms with Gasteiger partial charge in [-0.05, 0) is 41.0 Å². The number of carbonyl (C=O) groups excluding carboxylic acids is 1. The molecule has 5 heteroatoms. The van der Waals surface area contributed by atoms with E-state index in [2.05, 4.69) is 49.8 Å². The second-order valence-electron chi connectivity index (χ2n) is 6.30. The van der Waals surface area contributed by atoms with E-state index in [1.807, 2.05) is 12.1 Å². The predicted molar refractivity (Wildman–Crippen MR) is 101 cm³/mol. The number of benzene rings is 1. The van der Waals surface area contributed by atoms with Crippen molar-refractivity contribution in [1.29, 1.82) is 0 Å². The van der Waals surface area contributed by atoms with E-state index < -0.39 is 0 Å². The van der Waals surface area contributed by atoms with Crippen molar-refractivity contribution in [2.24, 2.45) is 5.92 Å². The topological polar surface area (TPSA) is 29.5 Å². The molecule has 2 fully saturated rings. The number of halogens is 2. The first-order valence-corrected chi connectivity index (χ1v) is 9.62. The van der Waals surface area contributed by atoms with Crippen LogP contribution >= 0.6 is 34.2 Å². The normalized spacial score (nSPS) is 30.7. The monoisotopic (exact) mass is 445 g/mol. The maximum absolute atomic E-state index is 12.5. The van der Waals surface area contributed by atoms with Crippen molar-refractivity contribution < 1.29 is 9.53 Å².